The van der Waals surface area contributed by atoms with Gasteiger partial charge in [0, 0.05) is 11.3 Å². The normalized spacial score (nSPS) is 10.2. The number of nitrogens with one attached hydrogen (secondary N) is 1. The van der Waals surface area contributed by atoms with Crippen LogP contribution in [0, 0.1) is 11.3 Å². The van der Waals surface area contributed by atoms with Crippen LogP contribution in [-0.4, -0.2) is 5.91 Å². The standard InChI is InChI=1S/C27H20N2O2/c28-18-20-6-10-22(11-7-20)23-14-16-26(17-15-23)31-19-21-8-12-24(13-9-21)27(30)29-25-4-2-1-3-5-25/h1-17H,19H2,(H,29,30). The number of amides is 1. The first-order valence-corrected chi connectivity index (χ1v) is 9.90. The quantitative estimate of drug-likeness (QED) is 0.425. The molecule has 4 rings (SSSR count). The third kappa shape index (κ3) is 5.17. The summed E-state index contributed by atoms with van der Waals surface area (Å²) in [7, 11) is 0. The van der Waals surface area contributed by atoms with Crippen molar-refractivity contribution in [3.8, 4) is 22.9 Å². The van der Waals surface area contributed by atoms with Crippen LogP contribution in [0.5, 0.6) is 5.75 Å². The molecule has 31 heavy (non-hydrogen) atoms. The molecule has 1 amide bonds. The van der Waals surface area contributed by atoms with Crippen molar-refractivity contribution in [1.29, 1.82) is 5.26 Å². The Hall–Kier alpha value is -4.36. The summed E-state index contributed by atoms with van der Waals surface area (Å²) in [5.74, 6) is 0.625. The lowest BCUT2D eigenvalue weighted by Gasteiger charge is -2.09. The number of nitrogens with zero attached hydrogens (tertiary/aromatic N) is 1. The van der Waals surface area contributed by atoms with Crippen molar-refractivity contribution >= 4 is 11.6 Å². The van der Waals surface area contributed by atoms with Gasteiger partial charge >= 0.3 is 0 Å². The van der Waals surface area contributed by atoms with E-state index in [1.54, 1.807) is 12.1 Å². The van der Waals surface area contributed by atoms with Crippen molar-refractivity contribution in [2.75, 3.05) is 5.32 Å². The van der Waals surface area contributed by atoms with Crippen molar-refractivity contribution in [2.24, 2.45) is 0 Å². The first-order valence-electron chi connectivity index (χ1n) is 9.90. The summed E-state index contributed by atoms with van der Waals surface area (Å²) in [6.45, 7) is 0.413. The van der Waals surface area contributed by atoms with Crippen LogP contribution < -0.4 is 10.1 Å². The highest BCUT2D eigenvalue weighted by Gasteiger charge is 2.06. The third-order valence-electron chi connectivity index (χ3n) is 4.85. The molecule has 0 fully saturated rings. The number of hydrogen-bond donors (Lipinski definition) is 1. The zero-order valence-electron chi connectivity index (χ0n) is 16.8. The van der Waals surface area contributed by atoms with Crippen LogP contribution in [0.2, 0.25) is 0 Å². The van der Waals surface area contributed by atoms with Gasteiger partial charge in [0.1, 0.15) is 12.4 Å². The van der Waals surface area contributed by atoms with Gasteiger partial charge in [0.05, 0.1) is 11.6 Å². The second-order valence-electron chi connectivity index (χ2n) is 7.02. The van der Waals surface area contributed by atoms with Gasteiger partial charge in [-0.15, -0.1) is 0 Å². The summed E-state index contributed by atoms with van der Waals surface area (Å²) in [6, 6.07) is 34.2. The molecule has 0 spiro atoms. The largest absolute Gasteiger partial charge is 0.489 e. The number of anilines is 1. The Balaban J connectivity index is 1.33. The number of benzene rings is 4. The van der Waals surface area contributed by atoms with Crippen LogP contribution in [0.3, 0.4) is 0 Å². The Morgan fingerprint density at radius 2 is 1.39 bits per heavy atom. The molecule has 0 aliphatic heterocycles. The minimum absolute atomic E-state index is 0.142. The Bertz CT molecular complexity index is 1190. The molecule has 0 unspecified atom stereocenters. The lowest BCUT2D eigenvalue weighted by molar-refractivity contribution is 0.102. The van der Waals surface area contributed by atoms with E-state index in [0.29, 0.717) is 17.7 Å². The fourth-order valence-corrected chi connectivity index (χ4v) is 3.12. The summed E-state index contributed by atoms with van der Waals surface area (Å²) < 4.78 is 5.87. The number of nitriles is 1. The maximum atomic E-state index is 12.3. The molecule has 0 aliphatic carbocycles. The summed E-state index contributed by atoms with van der Waals surface area (Å²) in [5.41, 5.74) is 5.10. The number of carbonyl (C=O) groups is 1. The topological polar surface area (TPSA) is 62.1 Å². The molecule has 4 heteroatoms. The molecule has 1 N–H and O–H groups in total. The van der Waals surface area contributed by atoms with E-state index in [0.717, 1.165) is 28.1 Å². The molecule has 0 atom stereocenters. The molecular weight excluding hydrogens is 384 g/mol. The molecule has 0 bridgehead atoms. The van der Waals surface area contributed by atoms with Crippen molar-refractivity contribution < 1.29 is 9.53 Å². The summed E-state index contributed by atoms with van der Waals surface area (Å²) >= 11 is 0. The first kappa shape index (κ1) is 19.9. The van der Waals surface area contributed by atoms with Gasteiger partial charge < -0.3 is 10.1 Å². The fraction of sp³-hybridized carbons (Fsp3) is 0.0370. The molecule has 0 saturated heterocycles. The van der Waals surface area contributed by atoms with Crippen molar-refractivity contribution in [3.05, 3.63) is 120 Å². The molecule has 0 aromatic heterocycles. The van der Waals surface area contributed by atoms with E-state index in [1.165, 1.54) is 0 Å². The highest BCUT2D eigenvalue weighted by atomic mass is 16.5. The van der Waals surface area contributed by atoms with Crippen LogP contribution in [0.1, 0.15) is 21.5 Å². The lowest BCUT2D eigenvalue weighted by atomic mass is 10.0. The summed E-state index contributed by atoms with van der Waals surface area (Å²) in [6.07, 6.45) is 0. The lowest BCUT2D eigenvalue weighted by Crippen LogP contribution is -2.11. The second-order valence-corrected chi connectivity index (χ2v) is 7.02. The molecule has 0 heterocycles. The maximum Gasteiger partial charge on any atom is 0.255 e. The highest BCUT2D eigenvalue weighted by Crippen LogP contribution is 2.23. The smallest absolute Gasteiger partial charge is 0.255 e. The van der Waals surface area contributed by atoms with Gasteiger partial charge in [0.15, 0.2) is 0 Å². The Labute approximate surface area is 181 Å². The Morgan fingerprint density at radius 1 is 0.774 bits per heavy atom. The van der Waals surface area contributed by atoms with Crippen molar-refractivity contribution in [3.63, 3.8) is 0 Å². The molecule has 4 nitrogen and oxygen atoms in total. The van der Waals surface area contributed by atoms with Crippen molar-refractivity contribution in [2.45, 2.75) is 6.61 Å². The van der Waals surface area contributed by atoms with Crippen LogP contribution in [0.4, 0.5) is 5.69 Å². The van der Waals surface area contributed by atoms with Gasteiger partial charge in [0.2, 0.25) is 0 Å². The maximum absolute atomic E-state index is 12.3. The number of carbonyl (C=O) groups excluding carboxylic acids is 1. The van der Waals surface area contributed by atoms with E-state index in [2.05, 4.69) is 11.4 Å². The van der Waals surface area contributed by atoms with Gasteiger partial charge in [-0.2, -0.15) is 5.26 Å². The van der Waals surface area contributed by atoms with Crippen LogP contribution in [0.25, 0.3) is 11.1 Å². The predicted octanol–water partition coefficient (Wildman–Crippen LogP) is 6.06. The molecule has 4 aromatic carbocycles. The number of para-hydroxylation sites is 1. The van der Waals surface area contributed by atoms with E-state index in [1.807, 2.05) is 91.0 Å². The van der Waals surface area contributed by atoms with Crippen LogP contribution >= 0.6 is 0 Å². The monoisotopic (exact) mass is 404 g/mol. The van der Waals surface area contributed by atoms with E-state index in [-0.39, 0.29) is 5.91 Å². The number of ether oxygens (including phenoxy) is 1. The Kier molecular flexibility index (Phi) is 6.06. The van der Waals surface area contributed by atoms with E-state index in [9.17, 15) is 4.79 Å². The summed E-state index contributed by atoms with van der Waals surface area (Å²) in [4.78, 5) is 12.3. The van der Waals surface area contributed by atoms with Gasteiger partial charge in [-0.3, -0.25) is 4.79 Å². The minimum Gasteiger partial charge on any atom is -0.489 e. The molecule has 0 aliphatic rings. The van der Waals surface area contributed by atoms with Gasteiger partial charge in [-0.05, 0) is 65.2 Å². The first-order chi connectivity index (χ1) is 15.2. The SMILES string of the molecule is N#Cc1ccc(-c2ccc(OCc3ccc(C(=O)Nc4ccccc4)cc3)cc2)cc1. The van der Waals surface area contributed by atoms with Crippen LogP contribution in [0.15, 0.2) is 103 Å². The van der Waals surface area contributed by atoms with E-state index in [4.69, 9.17) is 10.00 Å². The van der Waals surface area contributed by atoms with Crippen molar-refractivity contribution in [1.82, 2.24) is 0 Å². The van der Waals surface area contributed by atoms with E-state index >= 15 is 0 Å². The minimum atomic E-state index is -0.142. The van der Waals surface area contributed by atoms with Gasteiger partial charge in [-0.25, -0.2) is 0 Å². The Morgan fingerprint density at radius 3 is 2.00 bits per heavy atom. The second kappa shape index (κ2) is 9.43. The summed E-state index contributed by atoms with van der Waals surface area (Å²) in [5, 5.41) is 11.8. The molecule has 0 radical (unpaired) electrons. The van der Waals surface area contributed by atoms with E-state index < -0.39 is 0 Å². The zero-order valence-corrected chi connectivity index (χ0v) is 16.8. The predicted molar refractivity (Wildman–Crippen MR) is 122 cm³/mol. The highest BCUT2D eigenvalue weighted by molar-refractivity contribution is 6.04. The average molecular weight is 404 g/mol. The fourth-order valence-electron chi connectivity index (χ4n) is 3.12. The van der Waals surface area contributed by atoms with Gasteiger partial charge in [0.25, 0.3) is 5.91 Å². The average Bonchev–Trinajstić information content (AvgIpc) is 2.84. The molecule has 0 saturated carbocycles. The van der Waals surface area contributed by atoms with Gasteiger partial charge in [-0.1, -0.05) is 54.6 Å². The zero-order chi connectivity index (χ0) is 21.5. The third-order valence-corrected chi connectivity index (χ3v) is 4.85. The molecular formula is C27H20N2O2. The number of rotatable bonds is 6. The van der Waals surface area contributed by atoms with Crippen LogP contribution in [-0.2, 0) is 6.61 Å². The molecule has 4 aromatic rings. The molecule has 150 valence electrons. The number of hydrogen-bond acceptors (Lipinski definition) is 3.